The van der Waals surface area contributed by atoms with Gasteiger partial charge in [-0.2, -0.15) is 4.98 Å². The van der Waals surface area contributed by atoms with Crippen LogP contribution in [0.15, 0.2) is 48.8 Å². The van der Waals surface area contributed by atoms with Crippen molar-refractivity contribution in [2.45, 2.75) is 25.3 Å². The van der Waals surface area contributed by atoms with Crippen LogP contribution in [-0.4, -0.2) is 40.6 Å². The molecule has 1 spiro atoms. The van der Waals surface area contributed by atoms with Crippen molar-refractivity contribution in [3.8, 4) is 17.6 Å². The van der Waals surface area contributed by atoms with Gasteiger partial charge < -0.3 is 19.4 Å². The van der Waals surface area contributed by atoms with Crippen LogP contribution in [0.3, 0.4) is 0 Å². The summed E-state index contributed by atoms with van der Waals surface area (Å²) in [7, 11) is 2.91. The van der Waals surface area contributed by atoms with Gasteiger partial charge in [-0.15, -0.1) is 0 Å². The molecule has 1 atom stereocenters. The van der Waals surface area contributed by atoms with Crippen LogP contribution in [-0.2, 0) is 10.3 Å². The number of methoxy groups -OCH3 is 2. The maximum absolute atomic E-state index is 14.3. The molecule has 204 valence electrons. The molecule has 2 amide bonds. The average molecular weight is 582 g/mol. The van der Waals surface area contributed by atoms with Gasteiger partial charge in [0.05, 0.1) is 31.0 Å². The fourth-order valence-corrected chi connectivity index (χ4v) is 6.00. The Hall–Kier alpha value is -4.15. The van der Waals surface area contributed by atoms with Crippen molar-refractivity contribution in [1.29, 1.82) is 0 Å². The lowest BCUT2D eigenvalue weighted by atomic mass is 9.81. The number of fused-ring (bicyclic) bond motifs is 4. The molecule has 0 saturated heterocycles. The minimum atomic E-state index is -1.64. The second kappa shape index (κ2) is 9.21. The Labute approximate surface area is 238 Å². The number of nitrogens with zero attached hydrogens (tertiary/aromatic N) is 4. The third-order valence-electron chi connectivity index (χ3n) is 7.18. The Kier molecular flexibility index (Phi) is 6.01. The summed E-state index contributed by atoms with van der Waals surface area (Å²) in [5.41, 5.74) is 1.47. The molecule has 0 bridgehead atoms. The summed E-state index contributed by atoms with van der Waals surface area (Å²) in [6.45, 7) is 3.91. The molecule has 0 fully saturated rings. The Bertz CT molecular complexity index is 1740. The van der Waals surface area contributed by atoms with Gasteiger partial charge in [-0.3, -0.25) is 14.5 Å². The fraction of sp³-hybridized carbons (Fsp3) is 0.214. The highest BCUT2D eigenvalue weighted by Gasteiger charge is 2.63. The van der Waals surface area contributed by atoms with Gasteiger partial charge in [0.25, 0.3) is 11.8 Å². The predicted octanol–water partition coefficient (Wildman–Crippen LogP) is 5.71. The van der Waals surface area contributed by atoms with E-state index in [1.807, 2.05) is 13.8 Å². The summed E-state index contributed by atoms with van der Waals surface area (Å²) < 4.78 is 26.6. The molecular weight excluding hydrogens is 560 g/mol. The standard InChI is InChI=1S/C28H22Cl2FN5O4/c1-13(2)23-22-16(12-35(23)21-11-32-27(40-4)34-24(21)39-3)25(37)36(15-6-8-19(31)18(30)10-15)28(22)17-7-5-14(29)9-20(17)33-26(28)38/h5-13H,1-4H3,(H,33,38)/t28-/m0/s1. The van der Waals surface area contributed by atoms with Gasteiger partial charge >= 0.3 is 6.01 Å². The number of ether oxygens (including phenoxy) is 2. The number of anilines is 2. The van der Waals surface area contributed by atoms with Gasteiger partial charge in [0.2, 0.25) is 5.88 Å². The van der Waals surface area contributed by atoms with E-state index in [1.165, 1.54) is 43.5 Å². The molecule has 0 radical (unpaired) electrons. The van der Waals surface area contributed by atoms with Crippen LogP contribution in [0.25, 0.3) is 5.69 Å². The summed E-state index contributed by atoms with van der Waals surface area (Å²) >= 11 is 12.4. The summed E-state index contributed by atoms with van der Waals surface area (Å²) in [5.74, 6) is -1.55. The Morgan fingerprint density at radius 3 is 2.52 bits per heavy atom. The second-order valence-corrected chi connectivity index (χ2v) is 10.5. The van der Waals surface area contributed by atoms with Crippen molar-refractivity contribution in [2.24, 2.45) is 0 Å². The molecule has 0 aliphatic carbocycles. The topological polar surface area (TPSA) is 98.6 Å². The van der Waals surface area contributed by atoms with Crippen molar-refractivity contribution in [3.63, 3.8) is 0 Å². The van der Waals surface area contributed by atoms with Crippen molar-refractivity contribution in [1.82, 2.24) is 14.5 Å². The Balaban J connectivity index is 1.71. The number of nitrogens with one attached hydrogen (secondary N) is 1. The van der Waals surface area contributed by atoms with Crippen LogP contribution in [0.1, 0.15) is 46.9 Å². The van der Waals surface area contributed by atoms with Crippen LogP contribution in [0.5, 0.6) is 11.9 Å². The molecule has 4 aromatic rings. The third kappa shape index (κ3) is 3.45. The van der Waals surface area contributed by atoms with E-state index in [9.17, 15) is 14.0 Å². The van der Waals surface area contributed by atoms with Gasteiger partial charge in [-0.1, -0.05) is 43.1 Å². The highest BCUT2D eigenvalue weighted by molar-refractivity contribution is 6.32. The van der Waals surface area contributed by atoms with Gasteiger partial charge in [0.15, 0.2) is 5.54 Å². The van der Waals surface area contributed by atoms with Crippen LogP contribution in [0, 0.1) is 5.82 Å². The minimum absolute atomic E-state index is 0.110. The van der Waals surface area contributed by atoms with E-state index in [0.717, 1.165) is 0 Å². The number of hydrogen-bond acceptors (Lipinski definition) is 6. The number of hydrogen-bond donors (Lipinski definition) is 1. The number of rotatable bonds is 5. The van der Waals surface area contributed by atoms with Gasteiger partial charge in [-0.05, 0) is 36.2 Å². The van der Waals surface area contributed by atoms with Crippen LogP contribution < -0.4 is 19.7 Å². The predicted molar refractivity (Wildman–Crippen MR) is 148 cm³/mol. The average Bonchev–Trinajstić information content (AvgIpc) is 3.53. The first-order valence-electron chi connectivity index (χ1n) is 12.3. The Morgan fingerprint density at radius 2 is 1.85 bits per heavy atom. The first-order chi connectivity index (χ1) is 19.1. The van der Waals surface area contributed by atoms with Crippen molar-refractivity contribution < 1.29 is 23.5 Å². The van der Waals surface area contributed by atoms with E-state index in [4.69, 9.17) is 32.7 Å². The monoisotopic (exact) mass is 581 g/mol. The zero-order chi connectivity index (χ0) is 28.5. The number of aromatic nitrogens is 3. The normalized spacial score (nSPS) is 17.4. The molecular formula is C28H22Cl2FN5O4. The van der Waals surface area contributed by atoms with Crippen molar-refractivity contribution >= 4 is 46.4 Å². The maximum Gasteiger partial charge on any atom is 0.319 e. The number of amides is 2. The van der Waals surface area contributed by atoms with Gasteiger partial charge in [-0.25, -0.2) is 9.37 Å². The molecule has 0 unspecified atom stereocenters. The lowest BCUT2D eigenvalue weighted by molar-refractivity contribution is -0.119. The van der Waals surface area contributed by atoms with E-state index in [1.54, 1.807) is 29.0 Å². The molecule has 2 aromatic heterocycles. The molecule has 6 rings (SSSR count). The Morgan fingerprint density at radius 1 is 1.07 bits per heavy atom. The van der Waals surface area contributed by atoms with E-state index in [-0.39, 0.29) is 34.1 Å². The number of carbonyl (C=O) groups excluding carboxylic acids is 2. The molecule has 9 nitrogen and oxygen atoms in total. The summed E-state index contributed by atoms with van der Waals surface area (Å²) in [6.07, 6.45) is 3.18. The molecule has 0 saturated carbocycles. The van der Waals surface area contributed by atoms with Gasteiger partial charge in [0.1, 0.15) is 11.5 Å². The molecule has 2 aliphatic rings. The third-order valence-corrected chi connectivity index (χ3v) is 7.70. The SMILES string of the molecule is COc1ncc(-n2cc3c(c2C(C)C)[C@@]2(C(=O)Nc4cc(Cl)ccc42)N(c2ccc(F)c(Cl)c2)C3=O)c(OC)n1. The van der Waals surface area contributed by atoms with E-state index < -0.39 is 23.2 Å². The zero-order valence-corrected chi connectivity index (χ0v) is 23.3. The summed E-state index contributed by atoms with van der Waals surface area (Å²) in [6, 6.07) is 9.06. The van der Waals surface area contributed by atoms with Crippen molar-refractivity contribution in [2.75, 3.05) is 24.4 Å². The molecule has 4 heterocycles. The van der Waals surface area contributed by atoms with E-state index in [0.29, 0.717) is 33.2 Å². The summed E-state index contributed by atoms with van der Waals surface area (Å²) in [4.78, 5) is 38.5. The van der Waals surface area contributed by atoms with E-state index in [2.05, 4.69) is 15.3 Å². The molecule has 2 aromatic carbocycles. The first-order valence-corrected chi connectivity index (χ1v) is 13.0. The van der Waals surface area contributed by atoms with Crippen molar-refractivity contribution in [3.05, 3.63) is 87.0 Å². The molecule has 12 heteroatoms. The largest absolute Gasteiger partial charge is 0.479 e. The molecule has 40 heavy (non-hydrogen) atoms. The lowest BCUT2D eigenvalue weighted by Crippen LogP contribution is -2.50. The highest BCUT2D eigenvalue weighted by atomic mass is 35.5. The van der Waals surface area contributed by atoms with Crippen LogP contribution in [0.4, 0.5) is 15.8 Å². The number of carbonyl (C=O) groups is 2. The quantitative estimate of drug-likeness (QED) is 0.324. The van der Waals surface area contributed by atoms with E-state index >= 15 is 0 Å². The minimum Gasteiger partial charge on any atom is -0.479 e. The number of halogens is 3. The number of benzene rings is 2. The zero-order valence-electron chi connectivity index (χ0n) is 21.8. The maximum atomic E-state index is 14.3. The van der Waals surface area contributed by atoms with Gasteiger partial charge in [0, 0.05) is 39.4 Å². The fourth-order valence-electron chi connectivity index (χ4n) is 5.65. The highest BCUT2D eigenvalue weighted by Crippen LogP contribution is 2.56. The first kappa shape index (κ1) is 26.1. The molecule has 1 N–H and O–H groups in total. The molecule has 2 aliphatic heterocycles. The summed E-state index contributed by atoms with van der Waals surface area (Å²) in [5, 5.41) is 3.15. The van der Waals surface area contributed by atoms with Crippen LogP contribution in [0.2, 0.25) is 10.0 Å². The lowest BCUT2D eigenvalue weighted by Gasteiger charge is -2.36. The van der Waals surface area contributed by atoms with Crippen LogP contribution >= 0.6 is 23.2 Å². The smallest absolute Gasteiger partial charge is 0.319 e. The second-order valence-electron chi connectivity index (χ2n) is 9.67.